The van der Waals surface area contributed by atoms with Crippen LogP contribution in [-0.2, 0) is 0 Å². The van der Waals surface area contributed by atoms with Crippen LogP contribution in [0.4, 0.5) is 11.4 Å². The third-order valence-corrected chi connectivity index (χ3v) is 5.00. The van der Waals surface area contributed by atoms with E-state index in [1.54, 1.807) is 25.3 Å². The number of methoxy groups -OCH3 is 1. The van der Waals surface area contributed by atoms with Crippen molar-refractivity contribution in [2.45, 2.75) is 26.7 Å². The molecule has 5 nitrogen and oxygen atoms in total. The van der Waals surface area contributed by atoms with E-state index >= 15 is 0 Å². The Hall–Kier alpha value is -2.69. The molecule has 0 bridgehead atoms. The fourth-order valence-electron chi connectivity index (χ4n) is 3.31. The zero-order chi connectivity index (χ0) is 19.2. The first kappa shape index (κ1) is 19.1. The maximum atomic E-state index is 12.6. The van der Waals surface area contributed by atoms with Gasteiger partial charge in [0.15, 0.2) is 11.5 Å². The monoisotopic (exact) mass is 368 g/mol. The lowest BCUT2D eigenvalue weighted by atomic mass is 9.99. The predicted octanol–water partition coefficient (Wildman–Crippen LogP) is 4.58. The molecule has 3 rings (SSSR count). The largest absolute Gasteiger partial charge is 0.493 e. The Kier molecular flexibility index (Phi) is 6.22. The molecular weight excluding hydrogens is 340 g/mol. The van der Waals surface area contributed by atoms with Crippen molar-refractivity contribution < 1.29 is 14.3 Å². The topological polar surface area (TPSA) is 50.8 Å². The Labute approximate surface area is 161 Å². The average molecular weight is 368 g/mol. The van der Waals surface area contributed by atoms with E-state index in [9.17, 15) is 4.79 Å². The van der Waals surface area contributed by atoms with Crippen LogP contribution < -0.4 is 19.7 Å². The minimum absolute atomic E-state index is 0.168. The second-order valence-corrected chi connectivity index (χ2v) is 6.97. The van der Waals surface area contributed by atoms with Gasteiger partial charge in [-0.1, -0.05) is 6.92 Å². The fraction of sp³-hybridized carbons (Fsp3) is 0.409. The van der Waals surface area contributed by atoms with Crippen molar-refractivity contribution in [3.8, 4) is 11.5 Å². The number of carbonyl (C=O) groups is 1. The first-order valence-electron chi connectivity index (χ1n) is 9.58. The number of carbonyl (C=O) groups excluding carboxylic acids is 1. The summed E-state index contributed by atoms with van der Waals surface area (Å²) in [5, 5.41) is 2.95. The number of piperidine rings is 1. The van der Waals surface area contributed by atoms with Gasteiger partial charge in [-0.3, -0.25) is 4.79 Å². The van der Waals surface area contributed by atoms with Gasteiger partial charge < -0.3 is 19.7 Å². The van der Waals surface area contributed by atoms with Gasteiger partial charge in [0.05, 0.1) is 13.7 Å². The number of ether oxygens (including phenoxy) is 2. The number of hydrogen-bond acceptors (Lipinski definition) is 4. The molecule has 1 heterocycles. The van der Waals surface area contributed by atoms with Crippen LogP contribution in [0.5, 0.6) is 11.5 Å². The number of amides is 1. The Bertz CT molecular complexity index is 766. The lowest BCUT2D eigenvalue weighted by Gasteiger charge is -2.32. The van der Waals surface area contributed by atoms with Gasteiger partial charge in [0.25, 0.3) is 5.91 Å². The molecule has 5 heteroatoms. The van der Waals surface area contributed by atoms with E-state index in [4.69, 9.17) is 9.47 Å². The van der Waals surface area contributed by atoms with E-state index in [1.165, 1.54) is 18.5 Å². The Balaban J connectivity index is 1.66. The van der Waals surface area contributed by atoms with Crippen molar-refractivity contribution in [1.29, 1.82) is 0 Å². The van der Waals surface area contributed by atoms with Gasteiger partial charge in [-0.2, -0.15) is 0 Å². The fourth-order valence-corrected chi connectivity index (χ4v) is 3.31. The van der Waals surface area contributed by atoms with E-state index in [0.29, 0.717) is 23.7 Å². The van der Waals surface area contributed by atoms with Crippen molar-refractivity contribution >= 4 is 17.3 Å². The SMILES string of the molecule is CCOc1cc(C(=O)Nc2ccc(N3CCC(C)CC3)cc2)ccc1OC. The number of anilines is 2. The summed E-state index contributed by atoms with van der Waals surface area (Å²) < 4.78 is 10.8. The molecule has 1 amide bonds. The summed E-state index contributed by atoms with van der Waals surface area (Å²) in [7, 11) is 1.59. The van der Waals surface area contributed by atoms with E-state index in [2.05, 4.69) is 29.3 Å². The van der Waals surface area contributed by atoms with Gasteiger partial charge in [-0.15, -0.1) is 0 Å². The molecule has 0 saturated carbocycles. The number of nitrogens with one attached hydrogen (secondary N) is 1. The maximum absolute atomic E-state index is 12.6. The summed E-state index contributed by atoms with van der Waals surface area (Å²) in [6.45, 7) is 6.92. The number of benzene rings is 2. The van der Waals surface area contributed by atoms with Crippen LogP contribution in [0.1, 0.15) is 37.0 Å². The van der Waals surface area contributed by atoms with E-state index < -0.39 is 0 Å². The molecule has 1 saturated heterocycles. The normalized spacial score (nSPS) is 14.7. The number of hydrogen-bond donors (Lipinski definition) is 1. The van der Waals surface area contributed by atoms with Crippen LogP contribution in [0.15, 0.2) is 42.5 Å². The molecule has 2 aromatic rings. The van der Waals surface area contributed by atoms with Gasteiger partial charge in [0, 0.05) is 30.0 Å². The summed E-state index contributed by atoms with van der Waals surface area (Å²) >= 11 is 0. The molecule has 1 aliphatic rings. The third-order valence-electron chi connectivity index (χ3n) is 5.00. The van der Waals surface area contributed by atoms with E-state index in [1.807, 2.05) is 19.1 Å². The Morgan fingerprint density at radius 1 is 1.11 bits per heavy atom. The zero-order valence-electron chi connectivity index (χ0n) is 16.3. The Morgan fingerprint density at radius 3 is 2.44 bits per heavy atom. The first-order valence-corrected chi connectivity index (χ1v) is 9.58. The van der Waals surface area contributed by atoms with Crippen LogP contribution in [0.25, 0.3) is 0 Å². The van der Waals surface area contributed by atoms with Crippen LogP contribution in [0.3, 0.4) is 0 Å². The van der Waals surface area contributed by atoms with Crippen molar-refractivity contribution in [2.24, 2.45) is 5.92 Å². The summed E-state index contributed by atoms with van der Waals surface area (Å²) in [5.41, 5.74) is 2.53. The molecular formula is C22H28N2O3. The quantitative estimate of drug-likeness (QED) is 0.811. The highest BCUT2D eigenvalue weighted by molar-refractivity contribution is 6.04. The van der Waals surface area contributed by atoms with Gasteiger partial charge >= 0.3 is 0 Å². The van der Waals surface area contributed by atoms with E-state index in [0.717, 1.165) is 24.7 Å². The van der Waals surface area contributed by atoms with Crippen LogP contribution in [0, 0.1) is 5.92 Å². The molecule has 144 valence electrons. The molecule has 1 aliphatic heterocycles. The molecule has 1 fully saturated rings. The molecule has 0 aromatic heterocycles. The molecule has 0 atom stereocenters. The molecule has 0 unspecified atom stereocenters. The van der Waals surface area contributed by atoms with Crippen molar-refractivity contribution in [3.05, 3.63) is 48.0 Å². The maximum Gasteiger partial charge on any atom is 0.255 e. The van der Waals surface area contributed by atoms with Crippen molar-refractivity contribution in [1.82, 2.24) is 0 Å². The highest BCUT2D eigenvalue weighted by atomic mass is 16.5. The van der Waals surface area contributed by atoms with Crippen LogP contribution in [0.2, 0.25) is 0 Å². The Morgan fingerprint density at radius 2 is 1.81 bits per heavy atom. The number of nitrogens with zero attached hydrogens (tertiary/aromatic N) is 1. The van der Waals surface area contributed by atoms with Gasteiger partial charge in [0.2, 0.25) is 0 Å². The molecule has 27 heavy (non-hydrogen) atoms. The highest BCUT2D eigenvalue weighted by Crippen LogP contribution is 2.29. The first-order chi connectivity index (χ1) is 13.1. The molecule has 0 aliphatic carbocycles. The molecule has 0 radical (unpaired) electrons. The standard InChI is InChI=1S/C22H28N2O3/c1-4-27-21-15-17(5-10-20(21)26-3)22(25)23-18-6-8-19(9-7-18)24-13-11-16(2)12-14-24/h5-10,15-16H,4,11-14H2,1-3H3,(H,23,25). The minimum atomic E-state index is -0.168. The molecule has 2 aromatic carbocycles. The second kappa shape index (κ2) is 8.80. The average Bonchev–Trinajstić information content (AvgIpc) is 2.69. The van der Waals surface area contributed by atoms with Gasteiger partial charge in [-0.25, -0.2) is 0 Å². The smallest absolute Gasteiger partial charge is 0.255 e. The second-order valence-electron chi connectivity index (χ2n) is 6.97. The summed E-state index contributed by atoms with van der Waals surface area (Å²) in [6.07, 6.45) is 2.47. The highest BCUT2D eigenvalue weighted by Gasteiger charge is 2.16. The molecule has 0 spiro atoms. The van der Waals surface area contributed by atoms with Crippen LogP contribution in [-0.4, -0.2) is 32.7 Å². The van der Waals surface area contributed by atoms with Gasteiger partial charge in [-0.05, 0) is 68.1 Å². The van der Waals surface area contributed by atoms with Crippen molar-refractivity contribution in [2.75, 3.05) is 37.0 Å². The summed E-state index contributed by atoms with van der Waals surface area (Å²) in [4.78, 5) is 15.0. The minimum Gasteiger partial charge on any atom is -0.493 e. The number of rotatable bonds is 6. The van der Waals surface area contributed by atoms with Crippen molar-refractivity contribution in [3.63, 3.8) is 0 Å². The van der Waals surface area contributed by atoms with Crippen LogP contribution >= 0.6 is 0 Å². The third kappa shape index (κ3) is 4.73. The van der Waals surface area contributed by atoms with Gasteiger partial charge in [0.1, 0.15) is 0 Å². The summed E-state index contributed by atoms with van der Waals surface area (Å²) in [5.74, 6) is 1.83. The molecule has 1 N–H and O–H groups in total. The predicted molar refractivity (Wildman–Crippen MR) is 109 cm³/mol. The van der Waals surface area contributed by atoms with E-state index in [-0.39, 0.29) is 5.91 Å². The lowest BCUT2D eigenvalue weighted by Crippen LogP contribution is -2.32. The zero-order valence-corrected chi connectivity index (χ0v) is 16.3. The lowest BCUT2D eigenvalue weighted by molar-refractivity contribution is 0.102. The summed E-state index contributed by atoms with van der Waals surface area (Å²) in [6, 6.07) is 13.3.